The van der Waals surface area contributed by atoms with Crippen LogP contribution in [0.2, 0.25) is 0 Å². The topological polar surface area (TPSA) is 71.1 Å². The first-order chi connectivity index (χ1) is 15.1. The molecule has 0 radical (unpaired) electrons. The zero-order valence-corrected chi connectivity index (χ0v) is 18.3. The van der Waals surface area contributed by atoms with Crippen LogP contribution in [0.3, 0.4) is 0 Å². The SMILES string of the molecule is CCOc1ccccc1C(=O)NCCCC(=O)N1CCN(c2cccc(OC)c2)CC1. The van der Waals surface area contributed by atoms with E-state index in [1.807, 2.05) is 42.2 Å². The minimum absolute atomic E-state index is 0.134. The van der Waals surface area contributed by atoms with Gasteiger partial charge in [-0.1, -0.05) is 18.2 Å². The lowest BCUT2D eigenvalue weighted by atomic mass is 10.2. The van der Waals surface area contributed by atoms with E-state index in [4.69, 9.17) is 9.47 Å². The van der Waals surface area contributed by atoms with E-state index in [-0.39, 0.29) is 11.8 Å². The van der Waals surface area contributed by atoms with E-state index < -0.39 is 0 Å². The number of benzene rings is 2. The van der Waals surface area contributed by atoms with Crippen molar-refractivity contribution in [2.75, 3.05) is 51.3 Å². The highest BCUT2D eigenvalue weighted by Gasteiger charge is 2.21. The Morgan fingerprint density at radius 1 is 1.03 bits per heavy atom. The van der Waals surface area contributed by atoms with E-state index in [1.165, 1.54) is 0 Å². The highest BCUT2D eigenvalue weighted by Crippen LogP contribution is 2.22. The molecule has 2 aromatic rings. The second kappa shape index (κ2) is 11.2. The molecule has 1 heterocycles. The van der Waals surface area contributed by atoms with Gasteiger partial charge >= 0.3 is 0 Å². The first-order valence-electron chi connectivity index (χ1n) is 10.8. The van der Waals surface area contributed by atoms with Gasteiger partial charge in [-0.05, 0) is 37.6 Å². The fourth-order valence-corrected chi connectivity index (χ4v) is 3.65. The second-order valence-corrected chi connectivity index (χ2v) is 7.36. The molecular formula is C24H31N3O4. The summed E-state index contributed by atoms with van der Waals surface area (Å²) in [6.45, 7) is 5.83. The predicted octanol–water partition coefficient (Wildman–Crippen LogP) is 2.95. The molecule has 2 amide bonds. The number of rotatable bonds is 9. The fourth-order valence-electron chi connectivity index (χ4n) is 3.65. The number of amides is 2. The normalized spacial score (nSPS) is 13.6. The van der Waals surface area contributed by atoms with Gasteiger partial charge in [-0.3, -0.25) is 9.59 Å². The Morgan fingerprint density at radius 2 is 1.81 bits per heavy atom. The van der Waals surface area contributed by atoms with Gasteiger partial charge in [-0.2, -0.15) is 0 Å². The summed E-state index contributed by atoms with van der Waals surface area (Å²) in [4.78, 5) is 29.1. The molecule has 0 bridgehead atoms. The van der Waals surface area contributed by atoms with Crippen molar-refractivity contribution in [2.45, 2.75) is 19.8 Å². The van der Waals surface area contributed by atoms with Crippen LogP contribution in [-0.2, 0) is 4.79 Å². The van der Waals surface area contributed by atoms with Gasteiger partial charge in [0.05, 0.1) is 19.3 Å². The maximum Gasteiger partial charge on any atom is 0.255 e. The molecule has 0 atom stereocenters. The molecular weight excluding hydrogens is 394 g/mol. The molecule has 31 heavy (non-hydrogen) atoms. The second-order valence-electron chi connectivity index (χ2n) is 7.36. The Balaban J connectivity index is 1.39. The quantitative estimate of drug-likeness (QED) is 0.626. The van der Waals surface area contributed by atoms with Crippen molar-refractivity contribution in [3.8, 4) is 11.5 Å². The van der Waals surface area contributed by atoms with Crippen molar-refractivity contribution >= 4 is 17.5 Å². The third kappa shape index (κ3) is 6.13. The molecule has 3 rings (SSSR count). The predicted molar refractivity (Wildman–Crippen MR) is 121 cm³/mol. The maximum absolute atomic E-state index is 12.6. The lowest BCUT2D eigenvalue weighted by Crippen LogP contribution is -2.48. The van der Waals surface area contributed by atoms with Crippen molar-refractivity contribution < 1.29 is 19.1 Å². The number of nitrogens with zero attached hydrogens (tertiary/aromatic N) is 2. The minimum Gasteiger partial charge on any atom is -0.497 e. The van der Waals surface area contributed by atoms with E-state index in [0.717, 1.165) is 24.5 Å². The molecule has 7 nitrogen and oxygen atoms in total. The number of anilines is 1. The number of ether oxygens (including phenoxy) is 2. The molecule has 7 heteroatoms. The summed E-state index contributed by atoms with van der Waals surface area (Å²) in [6, 6.07) is 15.2. The first-order valence-corrected chi connectivity index (χ1v) is 10.8. The number of hydrogen-bond acceptors (Lipinski definition) is 5. The largest absolute Gasteiger partial charge is 0.497 e. The first kappa shape index (κ1) is 22.5. The lowest BCUT2D eigenvalue weighted by Gasteiger charge is -2.36. The molecule has 0 saturated carbocycles. The number of piperazine rings is 1. The summed E-state index contributed by atoms with van der Waals surface area (Å²) in [5.74, 6) is 1.37. The van der Waals surface area contributed by atoms with Gasteiger partial charge in [-0.15, -0.1) is 0 Å². The summed E-state index contributed by atoms with van der Waals surface area (Å²) in [6.07, 6.45) is 1.03. The molecule has 1 saturated heterocycles. The van der Waals surface area contributed by atoms with E-state index in [1.54, 1.807) is 19.2 Å². The van der Waals surface area contributed by atoms with Crippen LogP contribution in [-0.4, -0.2) is 63.2 Å². The Bertz CT molecular complexity index is 879. The molecule has 2 aromatic carbocycles. The monoisotopic (exact) mass is 425 g/mol. The molecule has 1 aliphatic heterocycles. The van der Waals surface area contributed by atoms with Crippen LogP contribution in [0.4, 0.5) is 5.69 Å². The molecule has 0 aromatic heterocycles. The summed E-state index contributed by atoms with van der Waals surface area (Å²) in [5, 5.41) is 2.89. The van der Waals surface area contributed by atoms with Crippen LogP contribution in [0.1, 0.15) is 30.1 Å². The van der Waals surface area contributed by atoms with Gasteiger partial charge in [0.25, 0.3) is 5.91 Å². The van der Waals surface area contributed by atoms with Gasteiger partial charge in [0.1, 0.15) is 11.5 Å². The third-order valence-corrected chi connectivity index (χ3v) is 5.34. The van der Waals surface area contributed by atoms with Gasteiger partial charge < -0.3 is 24.6 Å². The standard InChI is InChI=1S/C24H31N3O4/c1-3-31-22-11-5-4-10-21(22)24(29)25-13-7-12-23(28)27-16-14-26(15-17-27)19-8-6-9-20(18-19)30-2/h4-6,8-11,18H,3,7,12-17H2,1-2H3,(H,25,29). The van der Waals surface area contributed by atoms with Crippen molar-refractivity contribution in [1.82, 2.24) is 10.2 Å². The van der Waals surface area contributed by atoms with Crippen LogP contribution >= 0.6 is 0 Å². The van der Waals surface area contributed by atoms with E-state index in [2.05, 4.69) is 16.3 Å². The van der Waals surface area contributed by atoms with Crippen molar-refractivity contribution in [2.24, 2.45) is 0 Å². The number of carbonyl (C=O) groups is 2. The van der Waals surface area contributed by atoms with Gasteiger partial charge in [0.15, 0.2) is 0 Å². The Hall–Kier alpha value is -3.22. The maximum atomic E-state index is 12.6. The molecule has 166 valence electrons. The summed E-state index contributed by atoms with van der Waals surface area (Å²) < 4.78 is 10.8. The molecule has 0 unspecified atom stereocenters. The summed E-state index contributed by atoms with van der Waals surface area (Å²) in [7, 11) is 1.66. The number of hydrogen-bond donors (Lipinski definition) is 1. The van der Waals surface area contributed by atoms with Crippen LogP contribution < -0.4 is 19.7 Å². The molecule has 0 aliphatic carbocycles. The zero-order chi connectivity index (χ0) is 22.1. The van der Waals surface area contributed by atoms with E-state index >= 15 is 0 Å². The number of carbonyl (C=O) groups excluding carboxylic acids is 2. The van der Waals surface area contributed by atoms with E-state index in [0.29, 0.717) is 50.4 Å². The number of para-hydroxylation sites is 1. The lowest BCUT2D eigenvalue weighted by molar-refractivity contribution is -0.131. The molecule has 1 fully saturated rings. The smallest absolute Gasteiger partial charge is 0.255 e. The highest BCUT2D eigenvalue weighted by atomic mass is 16.5. The van der Waals surface area contributed by atoms with Crippen LogP contribution in [0, 0.1) is 0 Å². The fraction of sp³-hybridized carbons (Fsp3) is 0.417. The summed E-state index contributed by atoms with van der Waals surface area (Å²) in [5.41, 5.74) is 1.63. The Labute approximate surface area is 183 Å². The van der Waals surface area contributed by atoms with Gasteiger partial charge in [0.2, 0.25) is 5.91 Å². The van der Waals surface area contributed by atoms with Gasteiger partial charge in [0, 0.05) is 50.9 Å². The van der Waals surface area contributed by atoms with Crippen LogP contribution in [0.25, 0.3) is 0 Å². The molecule has 1 N–H and O–H groups in total. The Kier molecular flexibility index (Phi) is 8.15. The number of methoxy groups -OCH3 is 1. The van der Waals surface area contributed by atoms with Crippen molar-refractivity contribution in [3.05, 3.63) is 54.1 Å². The Morgan fingerprint density at radius 3 is 2.55 bits per heavy atom. The van der Waals surface area contributed by atoms with Crippen molar-refractivity contribution in [3.63, 3.8) is 0 Å². The number of nitrogens with one attached hydrogen (secondary N) is 1. The third-order valence-electron chi connectivity index (χ3n) is 5.34. The summed E-state index contributed by atoms with van der Waals surface area (Å²) >= 11 is 0. The van der Waals surface area contributed by atoms with Crippen LogP contribution in [0.5, 0.6) is 11.5 Å². The van der Waals surface area contributed by atoms with Crippen molar-refractivity contribution in [1.29, 1.82) is 0 Å². The average molecular weight is 426 g/mol. The van der Waals surface area contributed by atoms with Crippen LogP contribution in [0.15, 0.2) is 48.5 Å². The van der Waals surface area contributed by atoms with Gasteiger partial charge in [-0.25, -0.2) is 0 Å². The highest BCUT2D eigenvalue weighted by molar-refractivity contribution is 5.96. The average Bonchev–Trinajstić information content (AvgIpc) is 2.82. The molecule has 0 spiro atoms. The minimum atomic E-state index is -0.177. The van der Waals surface area contributed by atoms with E-state index in [9.17, 15) is 9.59 Å². The molecule has 1 aliphatic rings. The zero-order valence-electron chi connectivity index (χ0n) is 18.3.